The second-order valence-electron chi connectivity index (χ2n) is 4.73. The first-order chi connectivity index (χ1) is 7.92. The molecule has 1 heterocycles. The average Bonchev–Trinajstić information content (AvgIpc) is 2.28. The van der Waals surface area contributed by atoms with E-state index in [1.54, 1.807) is 0 Å². The maximum absolute atomic E-state index is 5.97. The van der Waals surface area contributed by atoms with Crippen molar-refractivity contribution in [3.05, 3.63) is 23.8 Å². The van der Waals surface area contributed by atoms with Crippen molar-refractivity contribution in [3.63, 3.8) is 0 Å². The SMILES string of the molecule is CC(C)C1(C)OCc2cc([SiH](Cl)Cl)ccc2O1. The third-order valence-corrected chi connectivity index (χ3v) is 5.59. The van der Waals surface area contributed by atoms with E-state index in [1.807, 2.05) is 25.1 Å². The van der Waals surface area contributed by atoms with Crippen LogP contribution >= 0.6 is 22.2 Å². The van der Waals surface area contributed by atoms with Gasteiger partial charge in [0.15, 0.2) is 0 Å². The number of hydrogen-bond donors (Lipinski definition) is 0. The highest BCUT2D eigenvalue weighted by molar-refractivity contribution is 7.39. The lowest BCUT2D eigenvalue weighted by Gasteiger charge is -2.38. The summed E-state index contributed by atoms with van der Waals surface area (Å²) in [5.74, 6) is 0.616. The summed E-state index contributed by atoms with van der Waals surface area (Å²) in [7, 11) is -1.80. The summed E-state index contributed by atoms with van der Waals surface area (Å²) in [6, 6.07) is 5.88. The fourth-order valence-corrected chi connectivity index (χ4v) is 3.08. The number of halogens is 2. The van der Waals surface area contributed by atoms with Crippen LogP contribution < -0.4 is 9.92 Å². The molecule has 0 saturated heterocycles. The van der Waals surface area contributed by atoms with Gasteiger partial charge in [0.2, 0.25) is 5.79 Å². The molecule has 0 amide bonds. The van der Waals surface area contributed by atoms with Gasteiger partial charge < -0.3 is 9.47 Å². The summed E-state index contributed by atoms with van der Waals surface area (Å²) in [6.07, 6.45) is 0. The van der Waals surface area contributed by atoms with E-state index < -0.39 is 13.2 Å². The number of ether oxygens (including phenoxy) is 2. The predicted molar refractivity (Wildman–Crippen MR) is 73.6 cm³/mol. The molecule has 17 heavy (non-hydrogen) atoms. The normalized spacial score (nSPS) is 23.7. The Kier molecular flexibility index (Phi) is 3.73. The molecule has 0 spiro atoms. The first kappa shape index (κ1) is 13.2. The van der Waals surface area contributed by atoms with Crippen molar-refractivity contribution in [2.45, 2.75) is 33.2 Å². The third kappa shape index (κ3) is 2.62. The predicted octanol–water partition coefficient (Wildman–Crippen LogP) is 2.87. The zero-order valence-corrected chi connectivity index (χ0v) is 12.8. The summed E-state index contributed by atoms with van der Waals surface area (Å²) < 4.78 is 11.7. The van der Waals surface area contributed by atoms with Gasteiger partial charge in [-0.15, -0.1) is 22.2 Å². The summed E-state index contributed by atoms with van der Waals surface area (Å²) in [6.45, 7) is 6.68. The second kappa shape index (κ2) is 4.80. The van der Waals surface area contributed by atoms with E-state index in [4.69, 9.17) is 31.6 Å². The van der Waals surface area contributed by atoms with Crippen molar-refractivity contribution in [3.8, 4) is 5.75 Å². The highest BCUT2D eigenvalue weighted by Crippen LogP contribution is 2.34. The van der Waals surface area contributed by atoms with E-state index in [9.17, 15) is 0 Å². The fraction of sp³-hybridized carbons (Fsp3) is 0.500. The molecule has 1 aliphatic heterocycles. The van der Waals surface area contributed by atoms with Crippen molar-refractivity contribution in [1.82, 2.24) is 0 Å². The molecule has 0 fully saturated rings. The molecule has 1 aliphatic rings. The van der Waals surface area contributed by atoms with Crippen molar-refractivity contribution in [1.29, 1.82) is 0 Å². The highest BCUT2D eigenvalue weighted by atomic mass is 35.7. The van der Waals surface area contributed by atoms with Crippen LogP contribution in [0.1, 0.15) is 26.3 Å². The molecule has 1 aromatic carbocycles. The van der Waals surface area contributed by atoms with Gasteiger partial charge in [-0.05, 0) is 11.3 Å². The molecule has 5 heteroatoms. The van der Waals surface area contributed by atoms with Crippen molar-refractivity contribution >= 4 is 34.8 Å². The topological polar surface area (TPSA) is 18.5 Å². The van der Waals surface area contributed by atoms with Gasteiger partial charge in [0.1, 0.15) is 5.75 Å². The van der Waals surface area contributed by atoms with Crippen LogP contribution in [-0.2, 0) is 11.3 Å². The number of benzene rings is 1. The van der Waals surface area contributed by atoms with Crippen LogP contribution in [0.15, 0.2) is 18.2 Å². The first-order valence-electron chi connectivity index (χ1n) is 5.66. The molecule has 94 valence electrons. The van der Waals surface area contributed by atoms with Gasteiger partial charge in [0.25, 0.3) is 7.42 Å². The van der Waals surface area contributed by atoms with Crippen molar-refractivity contribution in [2.75, 3.05) is 0 Å². The van der Waals surface area contributed by atoms with Gasteiger partial charge >= 0.3 is 0 Å². The minimum Gasteiger partial charge on any atom is -0.462 e. The molecule has 0 bridgehead atoms. The Bertz CT molecular complexity index is 423. The van der Waals surface area contributed by atoms with Crippen LogP contribution in [0.5, 0.6) is 5.75 Å². The zero-order valence-electron chi connectivity index (χ0n) is 10.2. The van der Waals surface area contributed by atoms with Crippen LogP contribution in [0.4, 0.5) is 0 Å². The van der Waals surface area contributed by atoms with Gasteiger partial charge in [-0.2, -0.15) is 0 Å². The van der Waals surface area contributed by atoms with E-state index in [-0.39, 0.29) is 0 Å². The van der Waals surface area contributed by atoms with E-state index in [1.165, 1.54) is 0 Å². The lowest BCUT2D eigenvalue weighted by molar-refractivity contribution is -0.219. The quantitative estimate of drug-likeness (QED) is 0.616. The maximum Gasteiger partial charge on any atom is 0.266 e. The number of hydrogen-bond acceptors (Lipinski definition) is 2. The Balaban J connectivity index is 2.29. The Labute approximate surface area is 113 Å². The first-order valence-corrected chi connectivity index (χ1v) is 9.73. The van der Waals surface area contributed by atoms with Crippen LogP contribution in [0.2, 0.25) is 0 Å². The average molecular weight is 291 g/mol. The molecule has 1 unspecified atom stereocenters. The van der Waals surface area contributed by atoms with Crippen LogP contribution in [0.3, 0.4) is 0 Å². The molecule has 2 rings (SSSR count). The molecule has 1 aromatic rings. The van der Waals surface area contributed by atoms with Crippen LogP contribution in [0.25, 0.3) is 0 Å². The van der Waals surface area contributed by atoms with Gasteiger partial charge in [-0.1, -0.05) is 26.0 Å². The van der Waals surface area contributed by atoms with E-state index >= 15 is 0 Å². The fourth-order valence-electron chi connectivity index (χ4n) is 1.70. The monoisotopic (exact) mass is 290 g/mol. The van der Waals surface area contributed by atoms with E-state index in [0.29, 0.717) is 12.5 Å². The van der Waals surface area contributed by atoms with Crippen molar-refractivity contribution < 1.29 is 9.47 Å². The minimum atomic E-state index is -1.80. The molecule has 0 saturated carbocycles. The van der Waals surface area contributed by atoms with Gasteiger partial charge in [0.05, 0.1) is 6.61 Å². The summed E-state index contributed by atoms with van der Waals surface area (Å²) in [5, 5.41) is 1.01. The molecule has 0 N–H and O–H groups in total. The molecule has 0 radical (unpaired) electrons. The Morgan fingerprint density at radius 3 is 2.65 bits per heavy atom. The van der Waals surface area contributed by atoms with Gasteiger partial charge in [-0.3, -0.25) is 0 Å². The Morgan fingerprint density at radius 2 is 2.06 bits per heavy atom. The molecule has 0 aromatic heterocycles. The molecule has 0 aliphatic carbocycles. The Hall–Kier alpha value is -0.223. The van der Waals surface area contributed by atoms with Gasteiger partial charge in [0, 0.05) is 18.4 Å². The molecule has 2 nitrogen and oxygen atoms in total. The number of fused-ring (bicyclic) bond motifs is 1. The van der Waals surface area contributed by atoms with Crippen LogP contribution in [0, 0.1) is 5.92 Å². The summed E-state index contributed by atoms with van der Waals surface area (Å²) in [4.78, 5) is 0. The van der Waals surface area contributed by atoms with E-state index in [2.05, 4.69) is 13.8 Å². The number of rotatable bonds is 2. The van der Waals surface area contributed by atoms with Crippen LogP contribution in [-0.4, -0.2) is 13.2 Å². The lowest BCUT2D eigenvalue weighted by atomic mass is 10.0. The second-order valence-corrected chi connectivity index (χ2v) is 9.29. The molecular formula is C12H16Cl2O2Si. The summed E-state index contributed by atoms with van der Waals surface area (Å²) >= 11 is 11.9. The molecular weight excluding hydrogens is 275 g/mol. The maximum atomic E-state index is 5.97. The zero-order chi connectivity index (χ0) is 12.6. The third-order valence-electron chi connectivity index (χ3n) is 3.21. The van der Waals surface area contributed by atoms with E-state index in [0.717, 1.165) is 16.5 Å². The van der Waals surface area contributed by atoms with Gasteiger partial charge in [-0.25, -0.2) is 0 Å². The highest BCUT2D eigenvalue weighted by Gasteiger charge is 2.36. The largest absolute Gasteiger partial charge is 0.462 e. The smallest absolute Gasteiger partial charge is 0.266 e. The minimum absolute atomic E-state index is 0.290. The molecule has 1 atom stereocenters. The lowest BCUT2D eigenvalue weighted by Crippen LogP contribution is -2.44. The van der Waals surface area contributed by atoms with Crippen molar-refractivity contribution in [2.24, 2.45) is 5.92 Å². The summed E-state index contributed by atoms with van der Waals surface area (Å²) in [5.41, 5.74) is 1.03. The standard InChI is InChI=1S/C12H16Cl2O2Si/c1-8(2)12(3)15-7-9-6-10(17(13)14)4-5-11(9)16-12/h4-6,8,17H,7H2,1-3H3. The Morgan fingerprint density at radius 1 is 1.35 bits per heavy atom.